The van der Waals surface area contributed by atoms with Crippen LogP contribution in [-0.2, 0) is 28.4 Å². The average molecular weight is 423 g/mol. The largest absolute Gasteiger partial charge is 0.381 e. The molecule has 164 valence electrons. The van der Waals surface area contributed by atoms with Gasteiger partial charge in [0.1, 0.15) is 5.82 Å². The van der Waals surface area contributed by atoms with Gasteiger partial charge in [0.25, 0.3) is 0 Å². The number of benzene rings is 2. The number of carbonyl (C=O) groups is 1. The molecule has 1 aromatic heterocycles. The normalized spacial score (nSPS) is 16.9. The fourth-order valence-electron chi connectivity index (χ4n) is 4.97. The number of rotatable bonds is 5. The predicted octanol–water partition coefficient (Wildman–Crippen LogP) is 4.73. The Bertz CT molecular complexity index is 1090. The quantitative estimate of drug-likeness (QED) is 0.646. The van der Waals surface area contributed by atoms with Crippen molar-refractivity contribution in [3.63, 3.8) is 0 Å². The van der Waals surface area contributed by atoms with Crippen molar-refractivity contribution >= 4 is 16.8 Å². The van der Waals surface area contributed by atoms with Gasteiger partial charge < -0.3 is 14.6 Å². The highest BCUT2D eigenvalue weighted by Crippen LogP contribution is 2.36. The number of hydrogen-bond donors (Lipinski definition) is 1. The second-order valence-electron chi connectivity index (χ2n) is 9.08. The molecule has 1 amide bonds. The Balaban J connectivity index is 1.58. The molecular formula is C26H31FN2O2. The van der Waals surface area contributed by atoms with E-state index in [0.29, 0.717) is 32.5 Å². The highest BCUT2D eigenvalue weighted by atomic mass is 19.1. The zero-order chi connectivity index (χ0) is 22.2. The first-order chi connectivity index (χ1) is 14.8. The molecule has 3 aromatic rings. The number of amides is 1. The third-order valence-electron chi connectivity index (χ3n) is 6.49. The highest BCUT2D eigenvalue weighted by molar-refractivity contribution is 5.89. The summed E-state index contributed by atoms with van der Waals surface area (Å²) >= 11 is 0. The van der Waals surface area contributed by atoms with E-state index >= 15 is 0 Å². The summed E-state index contributed by atoms with van der Waals surface area (Å²) < 4.78 is 21.4. The Morgan fingerprint density at radius 1 is 1.16 bits per heavy atom. The number of aromatic nitrogens is 1. The maximum absolute atomic E-state index is 13.8. The molecule has 0 radical (unpaired) electrons. The van der Waals surface area contributed by atoms with Crippen LogP contribution < -0.4 is 5.32 Å². The van der Waals surface area contributed by atoms with Crippen molar-refractivity contribution in [2.24, 2.45) is 7.05 Å². The lowest BCUT2D eigenvalue weighted by atomic mass is 9.72. The summed E-state index contributed by atoms with van der Waals surface area (Å²) in [6.45, 7) is 7.33. The van der Waals surface area contributed by atoms with E-state index in [0.717, 1.165) is 22.0 Å². The standard InChI is InChI=1S/C26H31FN2O2/c1-17-11-18(2)13-21(12-17)26(7-9-31-10-8-26)25(30)28-19(3)14-20-16-29(4)24-6-5-22(27)15-23(20)24/h5-6,11-13,15-16,19H,7-10,14H2,1-4H3,(H,28,30)/t19-/m1/s1. The molecule has 5 heteroatoms. The van der Waals surface area contributed by atoms with Gasteiger partial charge in [-0.3, -0.25) is 4.79 Å². The lowest BCUT2D eigenvalue weighted by molar-refractivity contribution is -0.131. The van der Waals surface area contributed by atoms with Crippen molar-refractivity contribution in [1.29, 1.82) is 0 Å². The maximum atomic E-state index is 13.8. The first-order valence-corrected chi connectivity index (χ1v) is 11.0. The van der Waals surface area contributed by atoms with Crippen LogP contribution in [-0.4, -0.2) is 29.7 Å². The van der Waals surface area contributed by atoms with E-state index in [1.54, 1.807) is 12.1 Å². The minimum Gasteiger partial charge on any atom is -0.381 e. The number of ether oxygens (including phenoxy) is 1. The maximum Gasteiger partial charge on any atom is 0.231 e. The summed E-state index contributed by atoms with van der Waals surface area (Å²) in [5, 5.41) is 4.17. The fraction of sp³-hybridized carbons (Fsp3) is 0.423. The summed E-state index contributed by atoms with van der Waals surface area (Å²) in [6, 6.07) is 11.2. The highest BCUT2D eigenvalue weighted by Gasteiger charge is 2.42. The molecule has 0 saturated carbocycles. The molecule has 4 nitrogen and oxygen atoms in total. The molecule has 31 heavy (non-hydrogen) atoms. The van der Waals surface area contributed by atoms with Gasteiger partial charge in [0.15, 0.2) is 0 Å². The van der Waals surface area contributed by atoms with Gasteiger partial charge in [0.2, 0.25) is 5.91 Å². The van der Waals surface area contributed by atoms with Gasteiger partial charge in [0.05, 0.1) is 5.41 Å². The van der Waals surface area contributed by atoms with Crippen LogP contribution in [0.4, 0.5) is 4.39 Å². The number of nitrogens with one attached hydrogen (secondary N) is 1. The Kier molecular flexibility index (Phi) is 5.89. The molecule has 0 spiro atoms. The van der Waals surface area contributed by atoms with E-state index in [2.05, 4.69) is 37.4 Å². The zero-order valence-electron chi connectivity index (χ0n) is 18.8. The van der Waals surface area contributed by atoms with Crippen LogP contribution in [0.1, 0.15) is 42.0 Å². The van der Waals surface area contributed by atoms with E-state index < -0.39 is 5.41 Å². The number of hydrogen-bond acceptors (Lipinski definition) is 2. The first kappa shape index (κ1) is 21.6. The van der Waals surface area contributed by atoms with Crippen LogP contribution in [0.25, 0.3) is 10.9 Å². The van der Waals surface area contributed by atoms with E-state index in [4.69, 9.17) is 4.74 Å². The Hall–Kier alpha value is -2.66. The molecule has 0 aliphatic carbocycles. The van der Waals surface area contributed by atoms with Crippen molar-refractivity contribution in [1.82, 2.24) is 9.88 Å². The molecule has 2 aromatic carbocycles. The van der Waals surface area contributed by atoms with Crippen molar-refractivity contribution in [3.8, 4) is 0 Å². The number of aryl methyl sites for hydroxylation is 3. The van der Waals surface area contributed by atoms with Crippen molar-refractivity contribution in [3.05, 3.63) is 70.7 Å². The van der Waals surface area contributed by atoms with Crippen molar-refractivity contribution < 1.29 is 13.9 Å². The zero-order valence-corrected chi connectivity index (χ0v) is 18.8. The van der Waals surface area contributed by atoms with Crippen LogP contribution in [0, 0.1) is 19.7 Å². The Labute approximate surface area is 183 Å². The molecule has 0 bridgehead atoms. The van der Waals surface area contributed by atoms with Gasteiger partial charge in [-0.15, -0.1) is 0 Å². The summed E-state index contributed by atoms with van der Waals surface area (Å²) in [7, 11) is 1.96. The van der Waals surface area contributed by atoms with E-state index in [-0.39, 0.29) is 17.8 Å². The molecule has 4 rings (SSSR count). The second kappa shape index (κ2) is 8.46. The van der Waals surface area contributed by atoms with Crippen LogP contribution in [0.15, 0.2) is 42.6 Å². The molecule has 1 fully saturated rings. The van der Waals surface area contributed by atoms with Crippen LogP contribution >= 0.6 is 0 Å². The molecule has 0 unspecified atom stereocenters. The Morgan fingerprint density at radius 3 is 2.52 bits per heavy atom. The van der Waals surface area contributed by atoms with E-state index in [1.807, 2.05) is 24.7 Å². The molecule has 1 aliphatic rings. The molecule has 1 N–H and O–H groups in total. The van der Waals surface area contributed by atoms with Gasteiger partial charge >= 0.3 is 0 Å². The monoisotopic (exact) mass is 422 g/mol. The van der Waals surface area contributed by atoms with E-state index in [9.17, 15) is 9.18 Å². The molecular weight excluding hydrogens is 391 g/mol. The predicted molar refractivity (Wildman–Crippen MR) is 122 cm³/mol. The van der Waals surface area contributed by atoms with Gasteiger partial charge in [-0.05, 0) is 69.4 Å². The van der Waals surface area contributed by atoms with Crippen LogP contribution in [0.2, 0.25) is 0 Å². The third-order valence-corrected chi connectivity index (χ3v) is 6.49. The molecule has 1 atom stereocenters. The summed E-state index contributed by atoms with van der Waals surface area (Å²) in [4.78, 5) is 13.6. The fourth-order valence-corrected chi connectivity index (χ4v) is 4.97. The summed E-state index contributed by atoms with van der Waals surface area (Å²) in [5.74, 6) is -0.188. The van der Waals surface area contributed by atoms with Crippen molar-refractivity contribution in [2.45, 2.75) is 51.5 Å². The first-order valence-electron chi connectivity index (χ1n) is 11.0. The average Bonchev–Trinajstić information content (AvgIpc) is 3.02. The number of nitrogens with zero attached hydrogens (tertiary/aromatic N) is 1. The number of carbonyl (C=O) groups excluding carboxylic acids is 1. The summed E-state index contributed by atoms with van der Waals surface area (Å²) in [5.41, 5.74) is 4.86. The molecule has 1 saturated heterocycles. The second-order valence-corrected chi connectivity index (χ2v) is 9.08. The minimum atomic E-state index is -0.575. The van der Waals surface area contributed by atoms with Crippen LogP contribution in [0.3, 0.4) is 0 Å². The lowest BCUT2D eigenvalue weighted by Crippen LogP contribution is -2.50. The smallest absolute Gasteiger partial charge is 0.231 e. The summed E-state index contributed by atoms with van der Waals surface area (Å²) in [6.07, 6.45) is 4.02. The molecule has 2 heterocycles. The topological polar surface area (TPSA) is 43.3 Å². The molecule has 1 aliphatic heterocycles. The van der Waals surface area contributed by atoms with E-state index in [1.165, 1.54) is 17.2 Å². The van der Waals surface area contributed by atoms with Gasteiger partial charge in [0, 0.05) is 43.4 Å². The lowest BCUT2D eigenvalue weighted by Gasteiger charge is -2.37. The third kappa shape index (κ3) is 4.24. The number of fused-ring (bicyclic) bond motifs is 1. The van der Waals surface area contributed by atoms with Crippen molar-refractivity contribution in [2.75, 3.05) is 13.2 Å². The van der Waals surface area contributed by atoms with Crippen LogP contribution in [0.5, 0.6) is 0 Å². The SMILES string of the molecule is Cc1cc(C)cc(C2(C(=O)N[C@H](C)Cc3cn(C)c4ccc(F)cc34)CCOCC2)c1. The minimum absolute atomic E-state index is 0.0553. The van der Waals surface area contributed by atoms with Gasteiger partial charge in [-0.25, -0.2) is 4.39 Å². The Morgan fingerprint density at radius 2 is 1.84 bits per heavy atom. The van der Waals surface area contributed by atoms with Gasteiger partial charge in [-0.1, -0.05) is 29.3 Å². The van der Waals surface area contributed by atoms with Gasteiger partial charge in [-0.2, -0.15) is 0 Å². The number of halogens is 1.